The Hall–Kier alpha value is -3.49. The number of carboxylic acids is 1. The molecular formula is C32H33N3O4S. The van der Waals surface area contributed by atoms with E-state index >= 15 is 0 Å². The first-order valence-corrected chi connectivity index (χ1v) is 15.1. The number of thiazole rings is 1. The maximum absolute atomic E-state index is 11.4. The molecule has 1 unspecified atom stereocenters. The quantitative estimate of drug-likeness (QED) is 0.243. The maximum Gasteiger partial charge on any atom is 0.335 e. The number of hydrogen-bond donors (Lipinski definition) is 1. The van der Waals surface area contributed by atoms with E-state index in [0.29, 0.717) is 30.2 Å². The number of benzene rings is 2. The molecule has 2 aliphatic heterocycles. The second-order valence-corrected chi connectivity index (χ2v) is 12.3. The first-order valence-electron chi connectivity index (χ1n) is 14.2. The van der Waals surface area contributed by atoms with E-state index in [1.54, 1.807) is 17.4 Å². The van der Waals surface area contributed by atoms with Crippen LogP contribution in [-0.4, -0.2) is 39.4 Å². The molecule has 0 spiro atoms. The smallest absolute Gasteiger partial charge is 0.335 e. The van der Waals surface area contributed by atoms with Crippen molar-refractivity contribution in [3.05, 3.63) is 75.9 Å². The van der Waals surface area contributed by atoms with Crippen LogP contribution in [0.5, 0.6) is 0 Å². The molecule has 1 saturated carbocycles. The van der Waals surface area contributed by atoms with Crippen LogP contribution >= 0.6 is 11.3 Å². The van der Waals surface area contributed by atoms with Crippen molar-refractivity contribution in [2.75, 3.05) is 4.90 Å². The number of carboxylic acid groups (broad SMARTS) is 1. The van der Waals surface area contributed by atoms with Crippen molar-refractivity contribution in [3.63, 3.8) is 0 Å². The van der Waals surface area contributed by atoms with E-state index in [0.717, 1.165) is 83.1 Å². The number of nitrogens with zero attached hydrogens (tertiary/aromatic N) is 3. The fourth-order valence-corrected chi connectivity index (χ4v) is 7.51. The van der Waals surface area contributed by atoms with Crippen molar-refractivity contribution in [1.29, 1.82) is 0 Å². The Morgan fingerprint density at radius 2 is 1.85 bits per heavy atom. The van der Waals surface area contributed by atoms with Gasteiger partial charge in [-0.2, -0.15) is 0 Å². The number of fused-ring (bicyclic) bond motifs is 2. The van der Waals surface area contributed by atoms with Crippen LogP contribution in [0.4, 0.5) is 5.13 Å². The largest absolute Gasteiger partial charge is 0.478 e. The third-order valence-electron chi connectivity index (χ3n) is 8.79. The second-order valence-electron chi connectivity index (χ2n) is 11.5. The highest BCUT2D eigenvalue weighted by Gasteiger charge is 2.43. The van der Waals surface area contributed by atoms with Gasteiger partial charge in [-0.25, -0.2) is 9.78 Å². The lowest BCUT2D eigenvalue weighted by atomic mass is 9.99. The number of anilines is 1. The monoisotopic (exact) mass is 555 g/mol. The molecule has 8 heteroatoms. The van der Waals surface area contributed by atoms with Crippen molar-refractivity contribution in [2.24, 2.45) is 0 Å². The minimum atomic E-state index is -0.899. The van der Waals surface area contributed by atoms with Crippen LogP contribution in [0.25, 0.3) is 22.5 Å². The van der Waals surface area contributed by atoms with Gasteiger partial charge in [0.1, 0.15) is 11.5 Å². The summed E-state index contributed by atoms with van der Waals surface area (Å²) in [6, 6.07) is 14.6. The highest BCUT2D eigenvalue weighted by Crippen LogP contribution is 2.46. The first kappa shape index (κ1) is 25.5. The van der Waals surface area contributed by atoms with Gasteiger partial charge in [-0.1, -0.05) is 35.5 Å². The van der Waals surface area contributed by atoms with Crippen LogP contribution in [-0.2, 0) is 11.3 Å². The van der Waals surface area contributed by atoms with Crippen molar-refractivity contribution in [1.82, 2.24) is 10.1 Å². The van der Waals surface area contributed by atoms with Crippen LogP contribution in [0.1, 0.15) is 77.3 Å². The maximum atomic E-state index is 11.4. The molecule has 4 aromatic rings. The van der Waals surface area contributed by atoms with E-state index in [9.17, 15) is 9.90 Å². The first-order chi connectivity index (χ1) is 19.5. The molecule has 206 valence electrons. The van der Waals surface area contributed by atoms with E-state index < -0.39 is 5.97 Å². The number of carbonyl (C=O) groups is 1. The molecule has 3 atom stereocenters. The lowest BCUT2D eigenvalue weighted by Gasteiger charge is -2.38. The Bertz CT molecular complexity index is 1560. The lowest BCUT2D eigenvalue weighted by Crippen LogP contribution is -2.45. The number of aromatic nitrogens is 2. The number of piperidine rings is 1. The molecule has 7 nitrogen and oxygen atoms in total. The molecule has 2 aromatic carbocycles. The summed E-state index contributed by atoms with van der Waals surface area (Å²) >= 11 is 1.68. The molecular weight excluding hydrogens is 522 g/mol. The summed E-state index contributed by atoms with van der Waals surface area (Å²) in [7, 11) is 0. The number of aromatic carboxylic acids is 1. The average Bonchev–Trinajstić information content (AvgIpc) is 3.40. The summed E-state index contributed by atoms with van der Waals surface area (Å²) in [5.41, 5.74) is 7.33. The molecule has 3 aliphatic rings. The summed E-state index contributed by atoms with van der Waals surface area (Å²) in [5.74, 6) is 0.592. The van der Waals surface area contributed by atoms with Crippen LogP contribution in [0.3, 0.4) is 0 Å². The summed E-state index contributed by atoms with van der Waals surface area (Å²) < 4.78 is 12.5. The minimum Gasteiger partial charge on any atom is -0.478 e. The fraction of sp³-hybridized carbons (Fsp3) is 0.406. The van der Waals surface area contributed by atoms with E-state index in [2.05, 4.69) is 46.6 Å². The second kappa shape index (κ2) is 10.2. The SMILES string of the molecule is Cc1cc(-c2csc(N3[C@@H]4CC[C@H]3CC(OCc3c(-c5ccccc5C)noc3C3CC3)C4)n2)ccc1C(=O)O. The molecule has 2 saturated heterocycles. The highest BCUT2D eigenvalue weighted by atomic mass is 32.1. The molecule has 4 heterocycles. The molecule has 3 fully saturated rings. The number of hydrogen-bond acceptors (Lipinski definition) is 7. The Balaban J connectivity index is 1.06. The van der Waals surface area contributed by atoms with Gasteiger partial charge in [0.15, 0.2) is 5.13 Å². The third-order valence-corrected chi connectivity index (χ3v) is 9.64. The summed E-state index contributed by atoms with van der Waals surface area (Å²) in [5, 5.41) is 17.0. The number of ether oxygens (including phenoxy) is 1. The van der Waals surface area contributed by atoms with E-state index in [1.807, 2.05) is 19.1 Å². The summed E-state index contributed by atoms with van der Waals surface area (Å²) in [6.45, 7) is 4.49. The predicted octanol–water partition coefficient (Wildman–Crippen LogP) is 7.37. The van der Waals surface area contributed by atoms with Gasteiger partial charge < -0.3 is 19.3 Å². The van der Waals surface area contributed by atoms with Gasteiger partial charge >= 0.3 is 5.97 Å². The topological polar surface area (TPSA) is 88.7 Å². The number of aryl methyl sites for hydroxylation is 2. The zero-order valence-corrected chi connectivity index (χ0v) is 23.6. The normalized spacial score (nSPS) is 22.1. The molecule has 40 heavy (non-hydrogen) atoms. The zero-order chi connectivity index (χ0) is 27.4. The molecule has 2 bridgehead atoms. The molecule has 0 radical (unpaired) electrons. The molecule has 1 aliphatic carbocycles. The third kappa shape index (κ3) is 4.63. The molecule has 0 amide bonds. The van der Waals surface area contributed by atoms with Crippen LogP contribution in [0, 0.1) is 13.8 Å². The highest BCUT2D eigenvalue weighted by molar-refractivity contribution is 7.14. The number of rotatable bonds is 8. The van der Waals surface area contributed by atoms with Gasteiger partial charge in [-0.15, -0.1) is 11.3 Å². The Labute approximate surface area is 237 Å². The van der Waals surface area contributed by atoms with Gasteiger partial charge in [0.05, 0.1) is 24.0 Å². The molecule has 7 rings (SSSR count). The van der Waals surface area contributed by atoms with E-state index in [-0.39, 0.29) is 6.10 Å². The van der Waals surface area contributed by atoms with E-state index in [1.165, 1.54) is 5.56 Å². The van der Waals surface area contributed by atoms with Crippen molar-refractivity contribution < 1.29 is 19.2 Å². The summed E-state index contributed by atoms with van der Waals surface area (Å²) in [4.78, 5) is 18.9. The van der Waals surface area contributed by atoms with Crippen molar-refractivity contribution in [2.45, 2.75) is 83.1 Å². The van der Waals surface area contributed by atoms with Crippen LogP contribution < -0.4 is 4.90 Å². The summed E-state index contributed by atoms with van der Waals surface area (Å²) in [6.07, 6.45) is 6.81. The van der Waals surface area contributed by atoms with Crippen molar-refractivity contribution >= 4 is 22.4 Å². The predicted molar refractivity (Wildman–Crippen MR) is 155 cm³/mol. The zero-order valence-electron chi connectivity index (χ0n) is 22.8. The van der Waals surface area contributed by atoms with Gasteiger partial charge in [0.25, 0.3) is 0 Å². The van der Waals surface area contributed by atoms with E-state index in [4.69, 9.17) is 14.2 Å². The standard InChI is InChI=1S/C32H33N3O4S/c1-18-5-3-4-6-25(18)29-27(30(39-34-29)20-7-8-20)16-38-24-14-22-10-11-23(15-24)35(22)32-33-28(17-40-32)21-9-12-26(31(36)37)19(2)13-21/h3-6,9,12-13,17,20,22-24H,7-8,10-11,14-16H2,1-2H3,(H,36,37)/t22-,23+,24?. The van der Waals surface area contributed by atoms with Crippen LogP contribution in [0.2, 0.25) is 0 Å². The lowest BCUT2D eigenvalue weighted by molar-refractivity contribution is 0.0147. The molecule has 2 aromatic heterocycles. The molecule has 1 N–H and O–H groups in total. The van der Waals surface area contributed by atoms with Crippen molar-refractivity contribution in [3.8, 4) is 22.5 Å². The van der Waals surface area contributed by atoms with Gasteiger partial charge in [-0.3, -0.25) is 0 Å². The Morgan fingerprint density at radius 3 is 2.55 bits per heavy atom. The fourth-order valence-electron chi connectivity index (χ4n) is 6.53. The van der Waals surface area contributed by atoms with Gasteiger partial charge in [0.2, 0.25) is 0 Å². The van der Waals surface area contributed by atoms with Gasteiger partial charge in [0, 0.05) is 40.1 Å². The minimum absolute atomic E-state index is 0.200. The van der Waals surface area contributed by atoms with Gasteiger partial charge in [-0.05, 0) is 75.6 Å². The Morgan fingerprint density at radius 1 is 1.07 bits per heavy atom. The average molecular weight is 556 g/mol. The Kier molecular flexibility index (Phi) is 6.47. The van der Waals surface area contributed by atoms with Crippen LogP contribution in [0.15, 0.2) is 52.4 Å².